The first kappa shape index (κ1) is 19.4. The Morgan fingerprint density at radius 3 is 2.37 bits per heavy atom. The predicted octanol–water partition coefficient (Wildman–Crippen LogP) is 4.51. The third-order valence-electron chi connectivity index (χ3n) is 4.04. The average molecular weight is 448 g/mol. The molecule has 1 atom stereocenters. The number of amides is 1. The van der Waals surface area contributed by atoms with E-state index < -0.39 is 15.7 Å². The van der Waals surface area contributed by atoms with E-state index in [0.717, 1.165) is 10.0 Å². The molecule has 27 heavy (non-hydrogen) atoms. The highest BCUT2D eigenvalue weighted by Gasteiger charge is 2.20. The van der Waals surface area contributed by atoms with Crippen LogP contribution in [-0.2, 0) is 15.6 Å². The minimum absolute atomic E-state index is 0.0822. The molecule has 0 aliphatic heterocycles. The van der Waals surface area contributed by atoms with Crippen LogP contribution in [0.15, 0.2) is 80.5 Å². The molecule has 0 fully saturated rings. The molecule has 0 spiro atoms. The molecular formula is C20H18BrNO4S. The van der Waals surface area contributed by atoms with Gasteiger partial charge in [0.2, 0.25) is 0 Å². The first-order valence-corrected chi connectivity index (χ1v) is 10.7. The third kappa shape index (κ3) is 4.87. The van der Waals surface area contributed by atoms with Crippen molar-refractivity contribution >= 4 is 31.7 Å². The van der Waals surface area contributed by atoms with E-state index in [-0.39, 0.29) is 28.2 Å². The first-order chi connectivity index (χ1) is 12.8. The van der Waals surface area contributed by atoms with Crippen LogP contribution in [0.1, 0.15) is 34.8 Å². The monoisotopic (exact) mass is 447 g/mol. The number of benzene rings is 2. The molecule has 5 nitrogen and oxygen atoms in total. The number of hydrogen-bond donors (Lipinski definition) is 1. The summed E-state index contributed by atoms with van der Waals surface area (Å²) in [7, 11) is -3.55. The minimum Gasteiger partial charge on any atom is -0.455 e. The number of rotatable bonds is 6. The Labute approximate surface area is 166 Å². The number of furan rings is 1. The van der Waals surface area contributed by atoms with Crippen LogP contribution in [0.4, 0.5) is 0 Å². The van der Waals surface area contributed by atoms with Crippen LogP contribution < -0.4 is 5.32 Å². The smallest absolute Gasteiger partial charge is 0.287 e. The van der Waals surface area contributed by atoms with Crippen molar-refractivity contribution in [1.82, 2.24) is 5.32 Å². The second-order valence-corrected chi connectivity index (χ2v) is 8.99. The topological polar surface area (TPSA) is 76.4 Å². The van der Waals surface area contributed by atoms with E-state index >= 15 is 0 Å². The number of nitrogens with one attached hydrogen (secondary N) is 1. The van der Waals surface area contributed by atoms with Gasteiger partial charge in [0.15, 0.2) is 15.6 Å². The van der Waals surface area contributed by atoms with Crippen molar-refractivity contribution in [3.05, 3.63) is 88.3 Å². The molecule has 2 aromatic carbocycles. The fourth-order valence-corrected chi connectivity index (χ4v) is 4.09. The Morgan fingerprint density at radius 2 is 1.70 bits per heavy atom. The van der Waals surface area contributed by atoms with E-state index in [4.69, 9.17) is 4.42 Å². The molecule has 0 aliphatic rings. The molecule has 1 amide bonds. The van der Waals surface area contributed by atoms with E-state index in [2.05, 4.69) is 21.2 Å². The maximum absolute atomic E-state index is 12.5. The molecule has 0 saturated heterocycles. The fraction of sp³-hybridized carbons (Fsp3) is 0.150. The molecule has 3 aromatic rings. The van der Waals surface area contributed by atoms with Crippen molar-refractivity contribution in [1.29, 1.82) is 0 Å². The molecule has 1 unspecified atom stereocenters. The van der Waals surface area contributed by atoms with Crippen molar-refractivity contribution in [2.24, 2.45) is 0 Å². The van der Waals surface area contributed by atoms with Gasteiger partial charge in [-0.3, -0.25) is 4.79 Å². The summed E-state index contributed by atoms with van der Waals surface area (Å²) in [5.41, 5.74) is 0.968. The Morgan fingerprint density at radius 1 is 1.04 bits per heavy atom. The van der Waals surface area contributed by atoms with Crippen molar-refractivity contribution in [2.45, 2.75) is 23.6 Å². The van der Waals surface area contributed by atoms with E-state index in [1.54, 1.807) is 12.1 Å². The summed E-state index contributed by atoms with van der Waals surface area (Å²) in [4.78, 5) is 12.6. The molecule has 0 radical (unpaired) electrons. The zero-order chi connectivity index (χ0) is 19.4. The van der Waals surface area contributed by atoms with Gasteiger partial charge in [0.05, 0.1) is 10.9 Å². The minimum atomic E-state index is -3.55. The van der Waals surface area contributed by atoms with Gasteiger partial charge in [-0.15, -0.1) is 0 Å². The summed E-state index contributed by atoms with van der Waals surface area (Å²) in [6.45, 7) is 1.87. The molecule has 7 heteroatoms. The lowest BCUT2D eigenvalue weighted by Crippen LogP contribution is -2.26. The quantitative estimate of drug-likeness (QED) is 0.602. The lowest BCUT2D eigenvalue weighted by molar-refractivity contribution is 0.0910. The number of hydrogen-bond acceptors (Lipinski definition) is 4. The highest BCUT2D eigenvalue weighted by Crippen LogP contribution is 2.21. The molecule has 0 bridgehead atoms. The summed E-state index contributed by atoms with van der Waals surface area (Å²) in [5, 5.41) is 2.84. The lowest BCUT2D eigenvalue weighted by atomic mass is 10.1. The maximum Gasteiger partial charge on any atom is 0.287 e. The largest absolute Gasteiger partial charge is 0.455 e. The summed E-state index contributed by atoms with van der Waals surface area (Å²) < 4.78 is 31.2. The predicted molar refractivity (Wildman–Crippen MR) is 106 cm³/mol. The van der Waals surface area contributed by atoms with Crippen LogP contribution in [0.5, 0.6) is 0 Å². The molecule has 1 aromatic heterocycles. The first-order valence-electron chi connectivity index (χ1n) is 8.28. The van der Waals surface area contributed by atoms with E-state index in [1.165, 1.54) is 24.3 Å². The third-order valence-corrected chi connectivity index (χ3v) is 6.22. The van der Waals surface area contributed by atoms with Crippen LogP contribution in [0.2, 0.25) is 0 Å². The number of carbonyl (C=O) groups is 1. The normalized spacial score (nSPS) is 12.5. The van der Waals surface area contributed by atoms with Gasteiger partial charge in [0.1, 0.15) is 11.5 Å². The molecule has 140 valence electrons. The Kier molecular flexibility index (Phi) is 5.82. The van der Waals surface area contributed by atoms with Crippen LogP contribution in [0.25, 0.3) is 0 Å². The number of halogens is 1. The van der Waals surface area contributed by atoms with Gasteiger partial charge in [-0.2, -0.15) is 0 Å². The molecule has 1 N–H and O–H groups in total. The molecule has 0 saturated carbocycles. The summed E-state index contributed by atoms with van der Waals surface area (Å²) in [6.07, 6.45) is 0. The van der Waals surface area contributed by atoms with Gasteiger partial charge in [-0.25, -0.2) is 8.42 Å². The van der Waals surface area contributed by atoms with Gasteiger partial charge in [0, 0.05) is 4.47 Å². The van der Waals surface area contributed by atoms with Gasteiger partial charge in [-0.05, 0) is 48.9 Å². The second kappa shape index (κ2) is 8.10. The van der Waals surface area contributed by atoms with Crippen LogP contribution in [0, 0.1) is 0 Å². The van der Waals surface area contributed by atoms with Crippen molar-refractivity contribution in [3.8, 4) is 0 Å². The maximum atomic E-state index is 12.5. The number of sulfone groups is 1. The van der Waals surface area contributed by atoms with Crippen molar-refractivity contribution < 1.29 is 17.6 Å². The van der Waals surface area contributed by atoms with Crippen LogP contribution in [0.3, 0.4) is 0 Å². The van der Waals surface area contributed by atoms with E-state index in [9.17, 15) is 13.2 Å². The SMILES string of the molecule is CC(NC(=O)c1ccc(CS(=O)(=O)c2ccc(Br)cc2)o1)c1ccccc1. The fourth-order valence-electron chi connectivity index (χ4n) is 2.58. The van der Waals surface area contributed by atoms with Gasteiger partial charge >= 0.3 is 0 Å². The van der Waals surface area contributed by atoms with Gasteiger partial charge in [-0.1, -0.05) is 46.3 Å². The zero-order valence-electron chi connectivity index (χ0n) is 14.6. The Bertz CT molecular complexity index is 1030. The standard InChI is InChI=1S/C20H18BrNO4S/c1-14(15-5-3-2-4-6-15)22-20(23)19-12-9-17(26-19)13-27(24,25)18-10-7-16(21)8-11-18/h2-12,14H,13H2,1H3,(H,22,23). The summed E-state index contributed by atoms with van der Waals surface area (Å²) in [6, 6.07) is 18.7. The molecule has 1 heterocycles. The second-order valence-electron chi connectivity index (χ2n) is 6.08. The highest BCUT2D eigenvalue weighted by molar-refractivity contribution is 9.10. The lowest BCUT2D eigenvalue weighted by Gasteiger charge is -2.13. The Hall–Kier alpha value is -2.38. The van der Waals surface area contributed by atoms with Crippen LogP contribution in [-0.4, -0.2) is 14.3 Å². The highest BCUT2D eigenvalue weighted by atomic mass is 79.9. The molecule has 0 aliphatic carbocycles. The van der Waals surface area contributed by atoms with Gasteiger partial charge in [0.25, 0.3) is 5.91 Å². The Balaban J connectivity index is 1.69. The van der Waals surface area contributed by atoms with Crippen LogP contribution >= 0.6 is 15.9 Å². The summed E-state index contributed by atoms with van der Waals surface area (Å²) in [5.74, 6) is -0.399. The average Bonchev–Trinajstić information content (AvgIpc) is 3.10. The van der Waals surface area contributed by atoms with E-state index in [0.29, 0.717) is 0 Å². The zero-order valence-corrected chi connectivity index (χ0v) is 17.0. The van der Waals surface area contributed by atoms with Crippen molar-refractivity contribution in [3.63, 3.8) is 0 Å². The summed E-state index contributed by atoms with van der Waals surface area (Å²) >= 11 is 3.28. The molecular weight excluding hydrogens is 430 g/mol. The van der Waals surface area contributed by atoms with E-state index in [1.807, 2.05) is 37.3 Å². The number of carbonyl (C=O) groups excluding carboxylic acids is 1. The molecule has 3 rings (SSSR count). The van der Waals surface area contributed by atoms with Crippen molar-refractivity contribution in [2.75, 3.05) is 0 Å². The van der Waals surface area contributed by atoms with Gasteiger partial charge < -0.3 is 9.73 Å².